The molecular weight excluding hydrogens is 242 g/mol. The Balaban J connectivity index is 2.63. The van der Waals surface area contributed by atoms with Crippen LogP contribution in [-0.4, -0.2) is 56.5 Å². The largest absolute Gasteiger partial charge is 0.377 e. The minimum atomic E-state index is -3.31. The lowest BCUT2D eigenvalue weighted by atomic mass is 10.1. The molecular formula is C11H21NO4S. The van der Waals surface area contributed by atoms with Gasteiger partial charge in [0.1, 0.15) is 5.25 Å². The smallest absolute Gasteiger partial charge is 0.240 e. The topological polar surface area (TPSA) is 63.7 Å². The molecule has 5 nitrogen and oxygen atoms in total. The molecule has 1 saturated heterocycles. The summed E-state index contributed by atoms with van der Waals surface area (Å²) in [6.45, 7) is 5.12. The molecule has 1 heterocycles. The zero-order chi connectivity index (χ0) is 13.1. The predicted molar refractivity (Wildman–Crippen MR) is 65.5 cm³/mol. The van der Waals surface area contributed by atoms with Gasteiger partial charge in [-0.2, -0.15) is 0 Å². The molecule has 1 aliphatic heterocycles. The van der Waals surface area contributed by atoms with Crippen LogP contribution in [0.5, 0.6) is 0 Å². The maximum absolute atomic E-state index is 12.0. The molecule has 1 amide bonds. The van der Waals surface area contributed by atoms with E-state index in [1.165, 1.54) is 6.92 Å². The van der Waals surface area contributed by atoms with Crippen LogP contribution in [0, 0.1) is 0 Å². The van der Waals surface area contributed by atoms with Crippen molar-refractivity contribution < 1.29 is 17.9 Å². The first-order valence-electron chi connectivity index (χ1n) is 5.95. The van der Waals surface area contributed by atoms with Crippen LogP contribution in [0.3, 0.4) is 0 Å². The fourth-order valence-electron chi connectivity index (χ4n) is 1.95. The standard InChI is InChI=1S/C11H21NO4S/c1-4-16-10-6-5-7-12(8-10)11(13)9(2)17(3,14)15/h9-10H,4-8H2,1-3H3/t9-,10+/m1/s1. The van der Waals surface area contributed by atoms with E-state index < -0.39 is 15.1 Å². The van der Waals surface area contributed by atoms with Gasteiger partial charge >= 0.3 is 0 Å². The summed E-state index contributed by atoms with van der Waals surface area (Å²) >= 11 is 0. The van der Waals surface area contributed by atoms with E-state index in [0.29, 0.717) is 19.7 Å². The summed E-state index contributed by atoms with van der Waals surface area (Å²) in [7, 11) is -3.31. The van der Waals surface area contributed by atoms with Crippen molar-refractivity contribution in [2.24, 2.45) is 0 Å². The molecule has 0 radical (unpaired) electrons. The molecule has 0 bridgehead atoms. The minimum absolute atomic E-state index is 0.0458. The summed E-state index contributed by atoms with van der Waals surface area (Å²) in [5.74, 6) is -0.308. The quantitative estimate of drug-likeness (QED) is 0.738. The third-order valence-corrected chi connectivity index (χ3v) is 4.57. The highest BCUT2D eigenvalue weighted by molar-refractivity contribution is 7.92. The summed E-state index contributed by atoms with van der Waals surface area (Å²) < 4.78 is 28.2. The molecule has 0 aromatic heterocycles. The normalized spacial score (nSPS) is 23.5. The number of likely N-dealkylation sites (tertiary alicyclic amines) is 1. The van der Waals surface area contributed by atoms with E-state index in [1.54, 1.807) is 4.90 Å². The number of piperidine rings is 1. The number of carbonyl (C=O) groups is 1. The first kappa shape index (κ1) is 14.4. The number of rotatable bonds is 4. The summed E-state index contributed by atoms with van der Waals surface area (Å²) in [4.78, 5) is 13.6. The Bertz CT molecular complexity index is 364. The molecule has 1 rings (SSSR count). The van der Waals surface area contributed by atoms with Gasteiger partial charge < -0.3 is 9.64 Å². The number of amides is 1. The Morgan fingerprint density at radius 2 is 2.18 bits per heavy atom. The van der Waals surface area contributed by atoms with E-state index in [0.717, 1.165) is 19.1 Å². The molecule has 0 aromatic carbocycles. The second-order valence-corrected chi connectivity index (χ2v) is 6.84. The van der Waals surface area contributed by atoms with Crippen molar-refractivity contribution in [2.45, 2.75) is 38.0 Å². The minimum Gasteiger partial charge on any atom is -0.377 e. The second kappa shape index (κ2) is 5.82. The molecule has 0 aromatic rings. The lowest BCUT2D eigenvalue weighted by molar-refractivity contribution is -0.134. The Labute approximate surface area is 103 Å². The molecule has 1 fully saturated rings. The summed E-state index contributed by atoms with van der Waals surface area (Å²) in [5.41, 5.74) is 0. The van der Waals surface area contributed by atoms with Crippen LogP contribution in [-0.2, 0) is 19.4 Å². The van der Waals surface area contributed by atoms with Gasteiger partial charge in [-0.3, -0.25) is 4.79 Å². The van der Waals surface area contributed by atoms with Gasteiger partial charge in [0, 0.05) is 26.0 Å². The SMILES string of the molecule is CCO[C@H]1CCCN(C(=O)[C@@H](C)S(C)(=O)=O)C1. The number of carbonyl (C=O) groups excluding carboxylic acids is 1. The van der Waals surface area contributed by atoms with E-state index in [-0.39, 0.29) is 12.0 Å². The number of sulfone groups is 1. The number of hydrogen-bond acceptors (Lipinski definition) is 4. The lowest BCUT2D eigenvalue weighted by Crippen LogP contribution is -2.48. The zero-order valence-corrected chi connectivity index (χ0v) is 11.5. The molecule has 6 heteroatoms. The predicted octanol–water partition coefficient (Wildman–Crippen LogP) is 0.447. The number of hydrogen-bond donors (Lipinski definition) is 0. The summed E-state index contributed by atoms with van der Waals surface area (Å²) in [6.07, 6.45) is 2.95. The highest BCUT2D eigenvalue weighted by Crippen LogP contribution is 2.15. The Morgan fingerprint density at radius 1 is 1.53 bits per heavy atom. The van der Waals surface area contributed by atoms with E-state index in [9.17, 15) is 13.2 Å². The van der Waals surface area contributed by atoms with E-state index in [4.69, 9.17) is 4.74 Å². The van der Waals surface area contributed by atoms with Gasteiger partial charge in [0.15, 0.2) is 9.84 Å². The van der Waals surface area contributed by atoms with Gasteiger partial charge in [-0.25, -0.2) is 8.42 Å². The molecule has 0 spiro atoms. The fraction of sp³-hybridized carbons (Fsp3) is 0.909. The third kappa shape index (κ3) is 3.96. The van der Waals surface area contributed by atoms with Crippen LogP contribution in [0.4, 0.5) is 0 Å². The van der Waals surface area contributed by atoms with Gasteiger partial charge in [-0.1, -0.05) is 0 Å². The molecule has 17 heavy (non-hydrogen) atoms. The van der Waals surface area contributed by atoms with Crippen molar-refractivity contribution in [3.63, 3.8) is 0 Å². The lowest BCUT2D eigenvalue weighted by Gasteiger charge is -2.33. The van der Waals surface area contributed by atoms with Gasteiger partial charge in [0.25, 0.3) is 0 Å². The fourth-order valence-corrected chi connectivity index (χ4v) is 2.47. The maximum atomic E-state index is 12.0. The molecule has 0 unspecified atom stereocenters. The van der Waals surface area contributed by atoms with E-state index >= 15 is 0 Å². The molecule has 1 aliphatic rings. The third-order valence-electron chi connectivity index (χ3n) is 3.08. The molecule has 0 N–H and O–H groups in total. The molecule has 100 valence electrons. The van der Waals surface area contributed by atoms with Crippen molar-refractivity contribution in [1.82, 2.24) is 4.90 Å². The van der Waals surface area contributed by atoms with Crippen molar-refractivity contribution >= 4 is 15.7 Å². The first-order chi connectivity index (χ1) is 7.86. The van der Waals surface area contributed by atoms with Crippen LogP contribution in [0.1, 0.15) is 26.7 Å². The number of ether oxygens (including phenoxy) is 1. The van der Waals surface area contributed by atoms with Crippen LogP contribution in [0.25, 0.3) is 0 Å². The summed E-state index contributed by atoms with van der Waals surface area (Å²) in [5, 5.41) is -0.956. The Kier molecular flexibility index (Phi) is 4.94. The maximum Gasteiger partial charge on any atom is 0.240 e. The van der Waals surface area contributed by atoms with Crippen LogP contribution < -0.4 is 0 Å². The van der Waals surface area contributed by atoms with Crippen LogP contribution in [0.15, 0.2) is 0 Å². The average Bonchev–Trinajstić information content (AvgIpc) is 2.27. The van der Waals surface area contributed by atoms with Crippen molar-refractivity contribution in [1.29, 1.82) is 0 Å². The van der Waals surface area contributed by atoms with Crippen molar-refractivity contribution in [3.05, 3.63) is 0 Å². The molecule has 0 saturated carbocycles. The van der Waals surface area contributed by atoms with E-state index in [2.05, 4.69) is 0 Å². The van der Waals surface area contributed by atoms with Crippen LogP contribution in [0.2, 0.25) is 0 Å². The summed E-state index contributed by atoms with van der Waals surface area (Å²) in [6, 6.07) is 0. The monoisotopic (exact) mass is 263 g/mol. The molecule has 2 atom stereocenters. The average molecular weight is 263 g/mol. The zero-order valence-electron chi connectivity index (χ0n) is 10.7. The Hall–Kier alpha value is -0.620. The highest BCUT2D eigenvalue weighted by atomic mass is 32.2. The molecule has 0 aliphatic carbocycles. The number of nitrogens with zero attached hydrogens (tertiary/aromatic N) is 1. The first-order valence-corrected chi connectivity index (χ1v) is 7.91. The van der Waals surface area contributed by atoms with Gasteiger partial charge in [0.2, 0.25) is 5.91 Å². The van der Waals surface area contributed by atoms with Gasteiger partial charge in [-0.05, 0) is 26.7 Å². The van der Waals surface area contributed by atoms with Crippen LogP contribution >= 0.6 is 0 Å². The van der Waals surface area contributed by atoms with Gasteiger partial charge in [0.05, 0.1) is 6.10 Å². The van der Waals surface area contributed by atoms with E-state index in [1.807, 2.05) is 6.92 Å². The van der Waals surface area contributed by atoms with Crippen molar-refractivity contribution in [3.8, 4) is 0 Å². The Morgan fingerprint density at radius 3 is 2.71 bits per heavy atom. The highest BCUT2D eigenvalue weighted by Gasteiger charge is 2.31. The second-order valence-electron chi connectivity index (χ2n) is 4.48. The van der Waals surface area contributed by atoms with Crippen molar-refractivity contribution in [2.75, 3.05) is 26.0 Å². The van der Waals surface area contributed by atoms with Gasteiger partial charge in [-0.15, -0.1) is 0 Å².